The summed E-state index contributed by atoms with van der Waals surface area (Å²) in [6.45, 7) is 1.08. The largest absolute Gasteiger partial charge is 0.573 e. The topological polar surface area (TPSA) is 50.4 Å². The van der Waals surface area contributed by atoms with Crippen LogP contribution in [0.15, 0.2) is 24.3 Å². The van der Waals surface area contributed by atoms with Gasteiger partial charge in [0.05, 0.1) is 0 Å². The molecule has 98 valence electrons. The van der Waals surface area contributed by atoms with Crippen molar-refractivity contribution < 1.29 is 22.7 Å². The maximum atomic E-state index is 12.1. The van der Waals surface area contributed by atoms with Crippen LogP contribution in [0.1, 0.15) is 11.6 Å². The molecule has 0 aliphatic carbocycles. The van der Waals surface area contributed by atoms with Crippen LogP contribution in [0.4, 0.5) is 13.2 Å². The predicted octanol–water partition coefficient (Wildman–Crippen LogP) is 1.35. The molecule has 0 aromatic heterocycles. The van der Waals surface area contributed by atoms with E-state index in [1.54, 1.807) is 6.07 Å². The molecule has 2 N–H and O–H groups in total. The number of benzene rings is 1. The second kappa shape index (κ2) is 4.85. The van der Waals surface area contributed by atoms with E-state index in [-0.39, 0.29) is 11.7 Å². The Labute approximate surface area is 101 Å². The van der Waals surface area contributed by atoms with E-state index in [1.807, 2.05) is 0 Å². The number of hydrogen-bond acceptors (Lipinski definition) is 3. The minimum atomic E-state index is -4.74. The molecule has 0 saturated carbocycles. The molecule has 1 aliphatic rings. The lowest BCUT2D eigenvalue weighted by Gasteiger charge is -2.24. The van der Waals surface area contributed by atoms with Crippen molar-refractivity contribution in [3.05, 3.63) is 29.8 Å². The third-order valence-electron chi connectivity index (χ3n) is 2.46. The molecule has 1 saturated heterocycles. The van der Waals surface area contributed by atoms with Gasteiger partial charge in [-0.1, -0.05) is 12.1 Å². The minimum Gasteiger partial charge on any atom is -0.406 e. The molecule has 1 aromatic rings. The number of alkyl halides is 3. The van der Waals surface area contributed by atoms with Crippen molar-refractivity contribution in [3.8, 4) is 5.75 Å². The molecule has 1 amide bonds. The lowest BCUT2D eigenvalue weighted by Crippen LogP contribution is -2.47. The molecule has 0 spiro atoms. The number of rotatable bonds is 2. The SMILES string of the molecule is O=C1NCCNC1c1cccc(OC(F)(F)F)c1. The van der Waals surface area contributed by atoms with Gasteiger partial charge in [-0.2, -0.15) is 0 Å². The number of nitrogens with one attached hydrogen (secondary N) is 2. The Bertz CT molecular complexity index is 448. The zero-order valence-corrected chi connectivity index (χ0v) is 9.25. The Morgan fingerprint density at radius 2 is 2.06 bits per heavy atom. The summed E-state index contributed by atoms with van der Waals surface area (Å²) in [4.78, 5) is 11.6. The number of halogens is 3. The van der Waals surface area contributed by atoms with Crippen molar-refractivity contribution in [2.24, 2.45) is 0 Å². The summed E-state index contributed by atoms with van der Waals surface area (Å²) in [6, 6.07) is 4.75. The van der Waals surface area contributed by atoms with Crippen LogP contribution in [0.2, 0.25) is 0 Å². The lowest BCUT2D eigenvalue weighted by atomic mass is 10.0. The number of carbonyl (C=O) groups excluding carboxylic acids is 1. The maximum Gasteiger partial charge on any atom is 0.573 e. The van der Waals surface area contributed by atoms with Gasteiger partial charge in [-0.25, -0.2) is 0 Å². The van der Waals surface area contributed by atoms with Crippen molar-refractivity contribution in [3.63, 3.8) is 0 Å². The summed E-state index contributed by atoms with van der Waals surface area (Å²) < 4.78 is 40.0. The number of hydrogen-bond donors (Lipinski definition) is 2. The summed E-state index contributed by atoms with van der Waals surface area (Å²) in [5.41, 5.74) is 0.439. The molecule has 4 nitrogen and oxygen atoms in total. The van der Waals surface area contributed by atoms with Crippen molar-refractivity contribution in [2.45, 2.75) is 12.4 Å². The zero-order valence-electron chi connectivity index (χ0n) is 9.25. The van der Waals surface area contributed by atoms with Gasteiger partial charge in [0.1, 0.15) is 11.8 Å². The Hall–Kier alpha value is -1.76. The Kier molecular flexibility index (Phi) is 3.42. The fraction of sp³-hybridized carbons (Fsp3) is 0.364. The summed E-state index contributed by atoms with van der Waals surface area (Å²) in [5.74, 6) is -0.592. The standard InChI is InChI=1S/C11H11F3N2O2/c12-11(13,14)18-8-3-1-2-7(6-8)9-10(17)16-5-4-15-9/h1-3,6,9,15H,4-5H2,(H,16,17). The van der Waals surface area contributed by atoms with Crippen LogP contribution >= 0.6 is 0 Å². The van der Waals surface area contributed by atoms with Crippen LogP contribution < -0.4 is 15.4 Å². The molecule has 1 atom stereocenters. The fourth-order valence-electron chi connectivity index (χ4n) is 1.76. The first-order valence-corrected chi connectivity index (χ1v) is 5.32. The number of piperazine rings is 1. The van der Waals surface area contributed by atoms with E-state index in [4.69, 9.17) is 0 Å². The molecule has 0 radical (unpaired) electrons. The number of carbonyl (C=O) groups is 1. The summed E-state index contributed by atoms with van der Waals surface area (Å²) in [7, 11) is 0. The molecule has 1 fully saturated rings. The average Bonchev–Trinajstić information content (AvgIpc) is 2.27. The number of ether oxygens (including phenoxy) is 1. The van der Waals surface area contributed by atoms with Gasteiger partial charge in [0, 0.05) is 13.1 Å². The van der Waals surface area contributed by atoms with Crippen LogP contribution in [-0.2, 0) is 4.79 Å². The van der Waals surface area contributed by atoms with Gasteiger partial charge in [0.15, 0.2) is 0 Å². The maximum absolute atomic E-state index is 12.1. The first-order valence-electron chi connectivity index (χ1n) is 5.32. The predicted molar refractivity (Wildman–Crippen MR) is 56.9 cm³/mol. The van der Waals surface area contributed by atoms with E-state index >= 15 is 0 Å². The first-order chi connectivity index (χ1) is 8.46. The molecule has 0 bridgehead atoms. The highest BCUT2D eigenvalue weighted by molar-refractivity contribution is 5.84. The molecular weight excluding hydrogens is 249 g/mol. The minimum absolute atomic E-state index is 0.259. The van der Waals surface area contributed by atoms with E-state index in [1.165, 1.54) is 18.2 Å². The van der Waals surface area contributed by atoms with Crippen molar-refractivity contribution in [2.75, 3.05) is 13.1 Å². The van der Waals surface area contributed by atoms with E-state index in [2.05, 4.69) is 15.4 Å². The molecule has 1 unspecified atom stereocenters. The van der Waals surface area contributed by atoms with Crippen molar-refractivity contribution >= 4 is 5.91 Å². The Morgan fingerprint density at radius 1 is 1.28 bits per heavy atom. The van der Waals surface area contributed by atoms with Crippen LogP contribution in [0.5, 0.6) is 5.75 Å². The van der Waals surface area contributed by atoms with E-state index in [9.17, 15) is 18.0 Å². The first kappa shape index (κ1) is 12.7. The molecule has 2 rings (SSSR count). The molecule has 1 aliphatic heterocycles. The molecule has 1 heterocycles. The quantitative estimate of drug-likeness (QED) is 0.843. The normalized spacial score (nSPS) is 20.4. The van der Waals surface area contributed by atoms with Crippen LogP contribution in [0, 0.1) is 0 Å². The molecule has 18 heavy (non-hydrogen) atoms. The van der Waals surface area contributed by atoms with Crippen LogP contribution in [0.3, 0.4) is 0 Å². The highest BCUT2D eigenvalue weighted by Crippen LogP contribution is 2.25. The smallest absolute Gasteiger partial charge is 0.406 e. The average molecular weight is 260 g/mol. The second-order valence-electron chi connectivity index (χ2n) is 3.80. The van der Waals surface area contributed by atoms with E-state index in [0.717, 1.165) is 0 Å². The van der Waals surface area contributed by atoms with Crippen molar-refractivity contribution in [1.82, 2.24) is 10.6 Å². The fourth-order valence-corrected chi connectivity index (χ4v) is 1.76. The van der Waals surface area contributed by atoms with E-state index < -0.39 is 12.4 Å². The molecular formula is C11H11F3N2O2. The summed E-state index contributed by atoms with van der Waals surface area (Å²) in [5, 5.41) is 5.56. The third-order valence-corrected chi connectivity index (χ3v) is 2.46. The van der Waals surface area contributed by atoms with Gasteiger partial charge in [0.2, 0.25) is 5.91 Å². The third kappa shape index (κ3) is 3.13. The van der Waals surface area contributed by atoms with Crippen LogP contribution in [0.25, 0.3) is 0 Å². The molecule has 7 heteroatoms. The summed E-state index contributed by atoms with van der Waals surface area (Å²) >= 11 is 0. The Morgan fingerprint density at radius 3 is 2.72 bits per heavy atom. The van der Waals surface area contributed by atoms with Gasteiger partial charge in [-0.3, -0.25) is 4.79 Å². The van der Waals surface area contributed by atoms with Gasteiger partial charge >= 0.3 is 6.36 Å². The van der Waals surface area contributed by atoms with Gasteiger partial charge in [-0.05, 0) is 17.7 Å². The summed E-state index contributed by atoms with van der Waals surface area (Å²) in [6.07, 6.45) is -4.74. The Balaban J connectivity index is 2.18. The highest BCUT2D eigenvalue weighted by atomic mass is 19.4. The number of amides is 1. The van der Waals surface area contributed by atoms with Gasteiger partial charge in [0.25, 0.3) is 0 Å². The van der Waals surface area contributed by atoms with Gasteiger partial charge in [-0.15, -0.1) is 13.2 Å². The zero-order chi connectivity index (χ0) is 13.2. The second-order valence-corrected chi connectivity index (χ2v) is 3.80. The monoisotopic (exact) mass is 260 g/mol. The lowest BCUT2D eigenvalue weighted by molar-refractivity contribution is -0.274. The molecule has 1 aromatic carbocycles. The van der Waals surface area contributed by atoms with Crippen LogP contribution in [-0.4, -0.2) is 25.4 Å². The van der Waals surface area contributed by atoms with Gasteiger partial charge < -0.3 is 15.4 Å². The van der Waals surface area contributed by atoms with E-state index in [0.29, 0.717) is 18.7 Å². The van der Waals surface area contributed by atoms with Crippen molar-refractivity contribution in [1.29, 1.82) is 0 Å². The highest BCUT2D eigenvalue weighted by Gasteiger charge is 2.31.